The zero-order valence-electron chi connectivity index (χ0n) is 15.2. The molecule has 0 unspecified atom stereocenters. The van der Waals surface area contributed by atoms with Crippen molar-refractivity contribution in [2.24, 2.45) is 0 Å². The highest BCUT2D eigenvalue weighted by Gasteiger charge is 2.10. The predicted octanol–water partition coefficient (Wildman–Crippen LogP) is 7.67. The third-order valence-corrected chi connectivity index (χ3v) is 5.66. The van der Waals surface area contributed by atoms with Gasteiger partial charge in [-0.05, 0) is 86.7 Å². The van der Waals surface area contributed by atoms with Crippen LogP contribution < -0.4 is 10.1 Å². The first-order chi connectivity index (χ1) is 12.9. The van der Waals surface area contributed by atoms with Crippen molar-refractivity contribution in [3.8, 4) is 5.75 Å². The van der Waals surface area contributed by atoms with Gasteiger partial charge in [0.15, 0.2) is 0 Å². The summed E-state index contributed by atoms with van der Waals surface area (Å²) in [6, 6.07) is 18.4. The van der Waals surface area contributed by atoms with Crippen molar-refractivity contribution >= 4 is 49.1 Å². The fourth-order valence-corrected chi connectivity index (χ4v) is 4.36. The maximum atomic E-state index is 6.09. The molecule has 0 saturated heterocycles. The molecule has 0 atom stereocenters. The van der Waals surface area contributed by atoms with E-state index in [9.17, 15) is 0 Å². The summed E-state index contributed by atoms with van der Waals surface area (Å²) in [5.74, 6) is 0.804. The van der Waals surface area contributed by atoms with Gasteiger partial charge in [-0.15, -0.1) is 0 Å². The average Bonchev–Trinajstić information content (AvgIpc) is 2.63. The molecule has 0 aromatic heterocycles. The topological polar surface area (TPSA) is 21.3 Å². The molecule has 0 aliphatic carbocycles. The minimum absolute atomic E-state index is 0.525. The van der Waals surface area contributed by atoms with Crippen LogP contribution in [0.1, 0.15) is 22.3 Å². The van der Waals surface area contributed by atoms with E-state index < -0.39 is 0 Å². The molecule has 140 valence electrons. The van der Waals surface area contributed by atoms with E-state index in [4.69, 9.17) is 16.3 Å². The standard InChI is InChI=1S/C22H20Br2ClNO/c1-14-3-6-16(7-4-14)13-27-22-19(23)9-17(10-20(22)24)12-26-21-11-18(25)8-5-15(21)2/h3-11,26H,12-13H2,1-2H3. The van der Waals surface area contributed by atoms with Crippen LogP contribution >= 0.6 is 43.5 Å². The molecule has 2 nitrogen and oxygen atoms in total. The highest BCUT2D eigenvalue weighted by Crippen LogP contribution is 2.35. The van der Waals surface area contributed by atoms with Crippen molar-refractivity contribution in [2.45, 2.75) is 27.0 Å². The van der Waals surface area contributed by atoms with Crippen molar-refractivity contribution in [2.75, 3.05) is 5.32 Å². The average molecular weight is 510 g/mol. The predicted molar refractivity (Wildman–Crippen MR) is 121 cm³/mol. The number of rotatable bonds is 6. The Hall–Kier alpha value is -1.49. The van der Waals surface area contributed by atoms with Gasteiger partial charge in [0.2, 0.25) is 0 Å². The lowest BCUT2D eigenvalue weighted by Crippen LogP contribution is -2.02. The minimum atomic E-state index is 0.525. The molecule has 0 saturated carbocycles. The Morgan fingerprint density at radius 3 is 2.22 bits per heavy atom. The second-order valence-corrected chi connectivity index (χ2v) is 8.62. The molecule has 0 heterocycles. The number of aryl methyl sites for hydroxylation is 2. The normalized spacial score (nSPS) is 10.7. The summed E-state index contributed by atoms with van der Waals surface area (Å²) < 4.78 is 7.85. The van der Waals surface area contributed by atoms with Crippen molar-refractivity contribution in [1.82, 2.24) is 0 Å². The Morgan fingerprint density at radius 2 is 1.56 bits per heavy atom. The van der Waals surface area contributed by atoms with E-state index in [0.717, 1.165) is 42.1 Å². The molecule has 3 rings (SSSR count). The van der Waals surface area contributed by atoms with Gasteiger partial charge in [-0.2, -0.15) is 0 Å². The van der Waals surface area contributed by atoms with Crippen molar-refractivity contribution < 1.29 is 4.74 Å². The Bertz CT molecular complexity index is 919. The van der Waals surface area contributed by atoms with Gasteiger partial charge in [-0.3, -0.25) is 0 Å². The number of nitrogens with one attached hydrogen (secondary N) is 1. The van der Waals surface area contributed by atoms with Crippen LogP contribution in [0.2, 0.25) is 5.02 Å². The van der Waals surface area contributed by atoms with Crippen molar-refractivity contribution in [3.63, 3.8) is 0 Å². The smallest absolute Gasteiger partial charge is 0.148 e. The summed E-state index contributed by atoms with van der Waals surface area (Å²) in [6.45, 7) is 5.36. The van der Waals surface area contributed by atoms with E-state index in [1.165, 1.54) is 5.56 Å². The zero-order chi connectivity index (χ0) is 19.4. The molecule has 3 aromatic rings. The largest absolute Gasteiger partial charge is 0.487 e. The van der Waals surface area contributed by atoms with Gasteiger partial charge in [0, 0.05) is 17.3 Å². The van der Waals surface area contributed by atoms with E-state index in [-0.39, 0.29) is 0 Å². The third kappa shape index (κ3) is 5.50. The summed E-state index contributed by atoms with van der Waals surface area (Å²) in [7, 11) is 0. The highest BCUT2D eigenvalue weighted by molar-refractivity contribution is 9.11. The van der Waals surface area contributed by atoms with Crippen LogP contribution in [0.15, 0.2) is 63.5 Å². The molecular formula is C22H20Br2ClNO. The van der Waals surface area contributed by atoms with E-state index in [0.29, 0.717) is 13.2 Å². The highest BCUT2D eigenvalue weighted by atomic mass is 79.9. The Balaban J connectivity index is 1.68. The molecule has 0 bridgehead atoms. The molecule has 1 N–H and O–H groups in total. The fraction of sp³-hybridized carbons (Fsp3) is 0.182. The van der Waals surface area contributed by atoms with Gasteiger partial charge in [0.25, 0.3) is 0 Å². The molecule has 0 aliphatic rings. The number of hydrogen-bond acceptors (Lipinski definition) is 2. The van der Waals surface area contributed by atoms with Crippen molar-refractivity contribution in [3.05, 3.63) is 90.8 Å². The first kappa shape index (κ1) is 20.2. The van der Waals surface area contributed by atoms with Crippen molar-refractivity contribution in [1.29, 1.82) is 0 Å². The lowest BCUT2D eigenvalue weighted by molar-refractivity contribution is 0.302. The molecule has 3 aromatic carbocycles. The number of benzene rings is 3. The molecule has 0 spiro atoms. The van der Waals surface area contributed by atoms with Crippen LogP contribution in [0.5, 0.6) is 5.75 Å². The number of anilines is 1. The molecule has 27 heavy (non-hydrogen) atoms. The van der Waals surface area contributed by atoms with E-state index in [1.54, 1.807) is 0 Å². The first-order valence-corrected chi connectivity index (χ1v) is 10.5. The summed E-state index contributed by atoms with van der Waals surface area (Å²) >= 11 is 13.4. The molecular weight excluding hydrogens is 490 g/mol. The summed E-state index contributed by atoms with van der Waals surface area (Å²) in [6.07, 6.45) is 0. The van der Waals surface area contributed by atoms with Crippen LogP contribution in [0.25, 0.3) is 0 Å². The maximum Gasteiger partial charge on any atom is 0.148 e. The van der Waals surface area contributed by atoms with Crippen LogP contribution in [0.4, 0.5) is 5.69 Å². The van der Waals surface area contributed by atoms with Gasteiger partial charge < -0.3 is 10.1 Å². The summed E-state index contributed by atoms with van der Waals surface area (Å²) in [5.41, 5.74) is 5.72. The fourth-order valence-electron chi connectivity index (χ4n) is 2.67. The van der Waals surface area contributed by atoms with E-state index in [1.807, 2.05) is 18.2 Å². The second kappa shape index (κ2) is 9.13. The van der Waals surface area contributed by atoms with Crippen LogP contribution in [0.3, 0.4) is 0 Å². The monoisotopic (exact) mass is 507 g/mol. The zero-order valence-corrected chi connectivity index (χ0v) is 19.1. The number of ether oxygens (including phenoxy) is 1. The lowest BCUT2D eigenvalue weighted by atomic mass is 10.1. The minimum Gasteiger partial charge on any atom is -0.487 e. The summed E-state index contributed by atoms with van der Waals surface area (Å²) in [4.78, 5) is 0. The SMILES string of the molecule is Cc1ccc(COc2c(Br)cc(CNc3cc(Cl)ccc3C)cc2Br)cc1. The van der Waals surface area contributed by atoms with Crippen LogP contribution in [0, 0.1) is 13.8 Å². The van der Waals surface area contributed by atoms with Crippen LogP contribution in [-0.2, 0) is 13.2 Å². The molecule has 0 fully saturated rings. The molecule has 0 amide bonds. The van der Waals surface area contributed by atoms with Gasteiger partial charge >= 0.3 is 0 Å². The number of halogens is 3. The van der Waals surface area contributed by atoms with Crippen LogP contribution in [-0.4, -0.2) is 0 Å². The third-order valence-electron chi connectivity index (χ3n) is 4.24. The van der Waals surface area contributed by atoms with Gasteiger partial charge in [0.1, 0.15) is 12.4 Å². The van der Waals surface area contributed by atoms with Gasteiger partial charge in [-0.1, -0.05) is 47.5 Å². The lowest BCUT2D eigenvalue weighted by Gasteiger charge is -2.14. The quantitative estimate of drug-likeness (QED) is 0.368. The van der Waals surface area contributed by atoms with Gasteiger partial charge in [0.05, 0.1) is 8.95 Å². The second-order valence-electron chi connectivity index (χ2n) is 6.48. The summed E-state index contributed by atoms with van der Waals surface area (Å²) in [5, 5.41) is 4.17. The number of hydrogen-bond donors (Lipinski definition) is 1. The van der Waals surface area contributed by atoms with Gasteiger partial charge in [-0.25, -0.2) is 0 Å². The first-order valence-electron chi connectivity index (χ1n) is 8.58. The Morgan fingerprint density at radius 1 is 0.889 bits per heavy atom. The maximum absolute atomic E-state index is 6.09. The Kier molecular flexibility index (Phi) is 6.85. The molecule has 0 radical (unpaired) electrons. The molecule has 0 aliphatic heterocycles. The van der Waals surface area contributed by atoms with E-state index in [2.05, 4.69) is 87.4 Å². The Labute approximate surface area is 182 Å². The van der Waals surface area contributed by atoms with E-state index >= 15 is 0 Å². The molecule has 5 heteroatoms.